The molecule has 2 saturated heterocycles. The second-order valence-corrected chi connectivity index (χ2v) is 14.0. The fourth-order valence-electron chi connectivity index (χ4n) is 7.54. The number of aliphatic hydroxyl groups excluding tert-OH is 1. The molecule has 4 aliphatic heterocycles. The zero-order valence-electron chi connectivity index (χ0n) is 25.6. The minimum absolute atomic E-state index is 0.124. The van der Waals surface area contributed by atoms with Crippen LogP contribution in [-0.2, 0) is 14.4 Å². The number of amides is 3. The summed E-state index contributed by atoms with van der Waals surface area (Å²) in [5.41, 5.74) is 1.49. The number of ether oxygens (including phenoxy) is 1. The van der Waals surface area contributed by atoms with Crippen molar-refractivity contribution in [3.8, 4) is 5.75 Å². The first-order chi connectivity index (χ1) is 21.3. The van der Waals surface area contributed by atoms with Crippen molar-refractivity contribution in [2.75, 3.05) is 37.7 Å². The number of carbonyl (C=O) groups is 3. The van der Waals surface area contributed by atoms with Gasteiger partial charge in [-0.25, -0.2) is 0 Å². The minimum Gasteiger partial charge on any atom is -0.494 e. The molecule has 0 saturated carbocycles. The maximum absolute atomic E-state index is 14.9. The molecule has 6 atom stereocenters. The van der Waals surface area contributed by atoms with Crippen molar-refractivity contribution >= 4 is 35.2 Å². The first-order valence-corrected chi connectivity index (χ1v) is 16.5. The van der Waals surface area contributed by atoms with Gasteiger partial charge in [0.2, 0.25) is 17.7 Å². The summed E-state index contributed by atoms with van der Waals surface area (Å²) in [7, 11) is 0. The highest BCUT2D eigenvalue weighted by Crippen LogP contribution is 2.66. The van der Waals surface area contributed by atoms with Gasteiger partial charge in [-0.3, -0.25) is 14.4 Å². The molecule has 9 heteroatoms. The molecule has 3 amide bonds. The number of rotatable bonds is 9. The van der Waals surface area contributed by atoms with Gasteiger partial charge < -0.3 is 24.5 Å². The Labute approximate surface area is 263 Å². The topological polar surface area (TPSA) is 90.4 Å². The van der Waals surface area contributed by atoms with E-state index >= 15 is 0 Å². The average molecular weight is 616 g/mol. The Kier molecular flexibility index (Phi) is 8.37. The lowest BCUT2D eigenvalue weighted by molar-refractivity contribution is -0.146. The van der Waals surface area contributed by atoms with E-state index in [1.165, 1.54) is 0 Å². The lowest BCUT2D eigenvalue weighted by Crippen LogP contribution is -2.54. The number of fused-ring (bicyclic) bond motifs is 2. The molecule has 232 valence electrons. The molecule has 0 aromatic heterocycles. The van der Waals surface area contributed by atoms with Crippen LogP contribution in [0, 0.1) is 11.8 Å². The Morgan fingerprint density at radius 3 is 2.34 bits per heavy atom. The van der Waals surface area contributed by atoms with Gasteiger partial charge in [0.1, 0.15) is 11.8 Å². The predicted octanol–water partition coefficient (Wildman–Crippen LogP) is 4.61. The maximum atomic E-state index is 14.9. The van der Waals surface area contributed by atoms with Gasteiger partial charge >= 0.3 is 0 Å². The minimum atomic E-state index is -0.974. The van der Waals surface area contributed by atoms with Crippen LogP contribution in [0.15, 0.2) is 78.9 Å². The molecule has 2 aromatic carbocycles. The van der Waals surface area contributed by atoms with E-state index in [4.69, 9.17) is 4.74 Å². The Morgan fingerprint density at radius 2 is 1.66 bits per heavy atom. The third-order valence-electron chi connectivity index (χ3n) is 9.51. The van der Waals surface area contributed by atoms with Gasteiger partial charge in [0.05, 0.1) is 35.8 Å². The summed E-state index contributed by atoms with van der Waals surface area (Å²) in [6, 6.07) is 15.3. The van der Waals surface area contributed by atoms with E-state index in [-0.39, 0.29) is 24.3 Å². The molecule has 4 heterocycles. The first-order valence-electron chi connectivity index (χ1n) is 15.7. The molecule has 1 N–H and O–H groups in total. The van der Waals surface area contributed by atoms with Gasteiger partial charge in [-0.1, -0.05) is 68.0 Å². The molecular weight excluding hydrogens is 574 g/mol. The number of likely N-dealkylation sites (tertiary alicyclic amines) is 1. The number of hydrogen-bond donors (Lipinski definition) is 1. The van der Waals surface area contributed by atoms with E-state index in [2.05, 4.69) is 13.0 Å². The van der Waals surface area contributed by atoms with Gasteiger partial charge in [0.25, 0.3) is 0 Å². The van der Waals surface area contributed by atoms with E-state index in [0.29, 0.717) is 26.2 Å². The van der Waals surface area contributed by atoms with E-state index in [1.54, 1.807) is 21.6 Å². The number of carbonyl (C=O) groups excluding carboxylic acids is 3. The third-order valence-corrected chi connectivity index (χ3v) is 11.3. The molecule has 8 nitrogen and oxygen atoms in total. The number of aliphatic hydroxyl groups is 1. The molecule has 2 fully saturated rings. The van der Waals surface area contributed by atoms with Crippen LogP contribution in [0.2, 0.25) is 0 Å². The predicted molar refractivity (Wildman–Crippen MR) is 172 cm³/mol. The number of anilines is 1. The highest BCUT2D eigenvalue weighted by Gasteiger charge is 2.74. The molecular formula is C35H41N3O5S. The summed E-state index contributed by atoms with van der Waals surface area (Å²) >= 11 is 1.56. The number of hydrogen-bond acceptors (Lipinski definition) is 6. The number of thioether (sulfide) groups is 1. The number of nitrogens with zero attached hydrogens (tertiary/aromatic N) is 3. The highest BCUT2D eigenvalue weighted by molar-refractivity contribution is 8.02. The summed E-state index contributed by atoms with van der Waals surface area (Å²) < 4.78 is 3.93. The maximum Gasteiger partial charge on any atom is 0.247 e. The monoisotopic (exact) mass is 615 g/mol. The van der Waals surface area contributed by atoms with Gasteiger partial charge in [0, 0.05) is 30.1 Å². The normalized spacial score (nSPS) is 30.1. The second-order valence-electron chi connectivity index (χ2n) is 12.2. The van der Waals surface area contributed by atoms with Gasteiger partial charge in [-0.2, -0.15) is 0 Å². The van der Waals surface area contributed by atoms with Crippen molar-refractivity contribution in [2.24, 2.45) is 11.8 Å². The van der Waals surface area contributed by atoms with Crippen molar-refractivity contribution in [2.45, 2.75) is 55.2 Å². The lowest BCUT2D eigenvalue weighted by Gasteiger charge is -2.40. The summed E-state index contributed by atoms with van der Waals surface area (Å²) in [4.78, 5) is 49.4. The van der Waals surface area contributed by atoms with E-state index < -0.39 is 33.4 Å². The first kappa shape index (κ1) is 30.5. The van der Waals surface area contributed by atoms with Crippen molar-refractivity contribution in [1.29, 1.82) is 0 Å². The third kappa shape index (κ3) is 4.85. The Hall–Kier alpha value is -3.56. The van der Waals surface area contributed by atoms with Crippen LogP contribution in [0.4, 0.5) is 5.69 Å². The molecule has 1 spiro atoms. The summed E-state index contributed by atoms with van der Waals surface area (Å²) in [5.74, 6) is -1.30. The van der Waals surface area contributed by atoms with E-state index in [9.17, 15) is 19.5 Å². The van der Waals surface area contributed by atoms with E-state index in [0.717, 1.165) is 29.8 Å². The Morgan fingerprint density at radius 1 is 0.932 bits per heavy atom. The largest absolute Gasteiger partial charge is 0.494 e. The number of unbranched alkanes of at least 4 members (excludes halogenated alkanes) is 1. The van der Waals surface area contributed by atoms with Gasteiger partial charge in [0.15, 0.2) is 0 Å². The zero-order valence-corrected chi connectivity index (χ0v) is 26.4. The molecule has 44 heavy (non-hydrogen) atoms. The van der Waals surface area contributed by atoms with Crippen LogP contribution in [0.25, 0.3) is 0 Å². The van der Waals surface area contributed by atoms with Crippen molar-refractivity contribution in [3.63, 3.8) is 0 Å². The fraction of sp³-hybridized carbons (Fsp3) is 0.457. The van der Waals surface area contributed by atoms with Gasteiger partial charge in [-0.05, 0) is 50.1 Å². The SMILES string of the molecule is CCCCN1CC=C[C@]23S[C@]4(C)C=CCN(c5ccc(OCC)cc5)C(=O)[C@@H]4[C@H]2C(=O)N([C@H](CO)c2ccccc2)C3C1=O. The fourth-order valence-corrected chi connectivity index (χ4v) is 9.69. The average Bonchev–Trinajstić information content (AvgIpc) is 3.30. The molecule has 0 aliphatic carbocycles. The molecule has 0 bridgehead atoms. The van der Waals surface area contributed by atoms with Crippen molar-refractivity contribution < 1.29 is 24.2 Å². The quantitative estimate of drug-likeness (QED) is 0.415. The Bertz CT molecular complexity index is 1460. The smallest absolute Gasteiger partial charge is 0.247 e. The lowest BCUT2D eigenvalue weighted by atomic mass is 9.74. The van der Waals surface area contributed by atoms with Crippen LogP contribution in [0.3, 0.4) is 0 Å². The molecule has 4 aliphatic rings. The second kappa shape index (κ2) is 12.1. The molecule has 1 unspecified atom stereocenters. The standard InChI is InChI=1S/C35H41N3O5S/c1-4-6-20-36-21-11-19-35-29(32(41)38(30(35)33(36)42)27(23-39)24-12-8-7-9-13-24)28-31(40)37(22-10-18-34(28,3)44-35)25-14-16-26(17-15-25)43-5-2/h7-19,27-30,39H,4-6,20-23H2,1-3H3/t27-,28+,29+,30?,34-,35+/m1/s1. The molecule has 2 aromatic rings. The van der Waals surface area contributed by atoms with Crippen LogP contribution in [-0.4, -0.2) is 81.0 Å². The van der Waals surface area contributed by atoms with Crippen molar-refractivity contribution in [3.05, 3.63) is 84.5 Å². The highest BCUT2D eigenvalue weighted by atomic mass is 32.2. The summed E-state index contributed by atoms with van der Waals surface area (Å²) in [6.07, 6.45) is 9.91. The van der Waals surface area contributed by atoms with E-state index in [1.807, 2.05) is 91.6 Å². The summed E-state index contributed by atoms with van der Waals surface area (Å²) in [5, 5.41) is 10.8. The summed E-state index contributed by atoms with van der Waals surface area (Å²) in [6.45, 7) is 7.67. The zero-order chi connectivity index (χ0) is 31.1. The van der Waals surface area contributed by atoms with Gasteiger partial charge in [-0.15, -0.1) is 11.8 Å². The van der Waals surface area contributed by atoms with Crippen LogP contribution in [0.1, 0.15) is 45.2 Å². The number of benzene rings is 2. The van der Waals surface area contributed by atoms with Crippen LogP contribution < -0.4 is 9.64 Å². The molecule has 0 radical (unpaired) electrons. The van der Waals surface area contributed by atoms with Crippen molar-refractivity contribution in [1.82, 2.24) is 9.80 Å². The Balaban J connectivity index is 1.46. The van der Waals surface area contributed by atoms with Crippen LogP contribution in [0.5, 0.6) is 5.75 Å². The molecule has 6 rings (SSSR count). The van der Waals surface area contributed by atoms with Crippen LogP contribution >= 0.6 is 11.8 Å².